The highest BCUT2D eigenvalue weighted by molar-refractivity contribution is 4.43. The topological polar surface area (TPSA) is 52.0 Å². The van der Waals surface area contributed by atoms with Crippen molar-refractivity contribution < 1.29 is 0 Å². The minimum absolute atomic E-state index is 1.37. The van der Waals surface area contributed by atoms with Crippen LogP contribution >= 0.6 is 0 Å². The molecule has 0 radical (unpaired) electrons. The Morgan fingerprint density at radius 1 is 0.583 bits per heavy atom. The van der Waals surface area contributed by atoms with Crippen LogP contribution in [0, 0.1) is 0 Å². The Morgan fingerprint density at radius 2 is 0.833 bits per heavy atom. The first-order chi connectivity index (χ1) is 5.91. The van der Waals surface area contributed by atoms with Gasteiger partial charge in [-0.2, -0.15) is 0 Å². The molecule has 76 valence electrons. The first-order valence-corrected chi connectivity index (χ1v) is 5.25. The van der Waals surface area contributed by atoms with E-state index in [1.807, 2.05) is 0 Å². The number of hydrogen-bond donors (Lipinski definition) is 2. The SMILES string of the molecule is CCCCCCCCCC.NN. The lowest BCUT2D eigenvalue weighted by Gasteiger charge is -1.97. The third-order valence-corrected chi connectivity index (χ3v) is 1.96. The van der Waals surface area contributed by atoms with E-state index in [0.29, 0.717) is 0 Å². The van der Waals surface area contributed by atoms with Crippen LogP contribution in [0.25, 0.3) is 0 Å². The van der Waals surface area contributed by atoms with Gasteiger partial charge < -0.3 is 0 Å². The van der Waals surface area contributed by atoms with Crippen molar-refractivity contribution in [1.82, 2.24) is 0 Å². The van der Waals surface area contributed by atoms with Gasteiger partial charge in [0.15, 0.2) is 0 Å². The molecular weight excluding hydrogens is 148 g/mol. The maximum atomic E-state index is 4.00. The van der Waals surface area contributed by atoms with Crippen LogP contribution in [-0.4, -0.2) is 0 Å². The lowest BCUT2D eigenvalue weighted by molar-refractivity contribution is 0.585. The molecule has 0 bridgehead atoms. The van der Waals surface area contributed by atoms with Crippen molar-refractivity contribution in [2.24, 2.45) is 11.7 Å². The average Bonchev–Trinajstić information content (AvgIpc) is 2.15. The fourth-order valence-electron chi connectivity index (χ4n) is 1.21. The van der Waals surface area contributed by atoms with E-state index < -0.39 is 0 Å². The molecule has 12 heavy (non-hydrogen) atoms. The molecule has 0 rings (SSSR count). The van der Waals surface area contributed by atoms with Gasteiger partial charge in [0.2, 0.25) is 0 Å². The van der Waals surface area contributed by atoms with E-state index in [1.165, 1.54) is 51.4 Å². The van der Waals surface area contributed by atoms with E-state index >= 15 is 0 Å². The Balaban J connectivity index is 0. The van der Waals surface area contributed by atoms with Gasteiger partial charge in [0.1, 0.15) is 0 Å². The molecule has 0 atom stereocenters. The zero-order chi connectivity index (χ0) is 9.66. The number of nitrogens with two attached hydrogens (primary N) is 2. The second-order valence-corrected chi connectivity index (χ2v) is 3.12. The van der Waals surface area contributed by atoms with Crippen LogP contribution in [-0.2, 0) is 0 Å². The first kappa shape index (κ1) is 14.4. The predicted molar refractivity (Wildman–Crippen MR) is 56.7 cm³/mol. The second-order valence-electron chi connectivity index (χ2n) is 3.12. The molecule has 0 aliphatic rings. The Hall–Kier alpha value is -0.0800. The maximum Gasteiger partial charge on any atom is -0.0533 e. The highest BCUT2D eigenvalue weighted by Gasteiger charge is 1.87. The van der Waals surface area contributed by atoms with Gasteiger partial charge in [-0.1, -0.05) is 65.2 Å². The Bertz CT molecular complexity index is 47.8. The molecule has 2 nitrogen and oxygen atoms in total. The molecule has 2 heteroatoms. The van der Waals surface area contributed by atoms with Gasteiger partial charge in [0.05, 0.1) is 0 Å². The summed E-state index contributed by atoms with van der Waals surface area (Å²) in [4.78, 5) is 0. The molecule has 0 fully saturated rings. The summed E-state index contributed by atoms with van der Waals surface area (Å²) in [5.74, 6) is 8.00. The number of unbranched alkanes of at least 4 members (excludes halogenated alkanes) is 7. The van der Waals surface area contributed by atoms with Crippen molar-refractivity contribution >= 4 is 0 Å². The molecule has 0 aliphatic heterocycles. The van der Waals surface area contributed by atoms with Crippen molar-refractivity contribution in [1.29, 1.82) is 0 Å². The van der Waals surface area contributed by atoms with Crippen molar-refractivity contribution in [2.45, 2.75) is 65.2 Å². The van der Waals surface area contributed by atoms with Gasteiger partial charge in [-0.15, -0.1) is 0 Å². The summed E-state index contributed by atoms with van der Waals surface area (Å²) in [5.41, 5.74) is 0. The van der Waals surface area contributed by atoms with E-state index in [-0.39, 0.29) is 0 Å². The lowest BCUT2D eigenvalue weighted by Crippen LogP contribution is -2.02. The zero-order valence-electron chi connectivity index (χ0n) is 8.81. The van der Waals surface area contributed by atoms with Gasteiger partial charge >= 0.3 is 0 Å². The van der Waals surface area contributed by atoms with Crippen molar-refractivity contribution in [3.63, 3.8) is 0 Å². The van der Waals surface area contributed by atoms with Crippen molar-refractivity contribution in [3.8, 4) is 0 Å². The molecule has 0 spiro atoms. The third kappa shape index (κ3) is 16.5. The fraction of sp³-hybridized carbons (Fsp3) is 1.00. The van der Waals surface area contributed by atoms with Gasteiger partial charge in [-0.25, -0.2) is 0 Å². The number of hydrogen-bond acceptors (Lipinski definition) is 2. The summed E-state index contributed by atoms with van der Waals surface area (Å²) >= 11 is 0. The highest BCUT2D eigenvalue weighted by atomic mass is 15.0. The summed E-state index contributed by atoms with van der Waals surface area (Å²) in [6.45, 7) is 4.54. The Morgan fingerprint density at radius 3 is 1.08 bits per heavy atom. The summed E-state index contributed by atoms with van der Waals surface area (Å²) in [6.07, 6.45) is 11.5. The summed E-state index contributed by atoms with van der Waals surface area (Å²) in [7, 11) is 0. The highest BCUT2D eigenvalue weighted by Crippen LogP contribution is 2.07. The minimum atomic E-state index is 1.37. The van der Waals surface area contributed by atoms with Crippen molar-refractivity contribution in [2.75, 3.05) is 0 Å². The molecule has 0 aliphatic carbocycles. The smallest absolute Gasteiger partial charge is 0.0533 e. The summed E-state index contributed by atoms with van der Waals surface area (Å²) in [6, 6.07) is 0. The van der Waals surface area contributed by atoms with Crippen molar-refractivity contribution in [3.05, 3.63) is 0 Å². The monoisotopic (exact) mass is 174 g/mol. The van der Waals surface area contributed by atoms with Gasteiger partial charge in [0.25, 0.3) is 0 Å². The van der Waals surface area contributed by atoms with E-state index in [9.17, 15) is 0 Å². The van der Waals surface area contributed by atoms with Gasteiger partial charge in [-0.3, -0.25) is 11.7 Å². The standard InChI is InChI=1S/C10H22.H4N2/c1-3-5-7-9-10-8-6-4-2;1-2/h3-10H2,1-2H3;1-2H2. The van der Waals surface area contributed by atoms with Crippen LogP contribution in [0.1, 0.15) is 65.2 Å². The van der Waals surface area contributed by atoms with Crippen LogP contribution in [0.5, 0.6) is 0 Å². The van der Waals surface area contributed by atoms with E-state index in [2.05, 4.69) is 25.5 Å². The fourth-order valence-corrected chi connectivity index (χ4v) is 1.21. The lowest BCUT2D eigenvalue weighted by atomic mass is 10.1. The Kier molecular flexibility index (Phi) is 20.6. The number of rotatable bonds is 7. The minimum Gasteiger partial charge on any atom is -0.274 e. The Labute approximate surface area is 77.7 Å². The van der Waals surface area contributed by atoms with Crippen LogP contribution in [0.15, 0.2) is 0 Å². The second kappa shape index (κ2) is 17.1. The molecular formula is C10H26N2. The molecule has 0 unspecified atom stereocenters. The molecule has 4 N–H and O–H groups in total. The summed E-state index contributed by atoms with van der Waals surface area (Å²) < 4.78 is 0. The third-order valence-electron chi connectivity index (χ3n) is 1.96. The summed E-state index contributed by atoms with van der Waals surface area (Å²) in [5, 5.41) is 0. The molecule has 0 amide bonds. The van der Waals surface area contributed by atoms with Crippen LogP contribution in [0.3, 0.4) is 0 Å². The maximum absolute atomic E-state index is 4.00. The van der Waals surface area contributed by atoms with E-state index in [4.69, 9.17) is 0 Å². The molecule has 0 aromatic carbocycles. The van der Waals surface area contributed by atoms with E-state index in [0.717, 1.165) is 0 Å². The van der Waals surface area contributed by atoms with E-state index in [1.54, 1.807) is 0 Å². The van der Waals surface area contributed by atoms with Gasteiger partial charge in [-0.05, 0) is 0 Å². The van der Waals surface area contributed by atoms with Crippen LogP contribution in [0.4, 0.5) is 0 Å². The predicted octanol–water partition coefficient (Wildman–Crippen LogP) is 2.97. The molecule has 0 aromatic heterocycles. The average molecular weight is 174 g/mol. The molecule has 0 saturated heterocycles. The quantitative estimate of drug-likeness (QED) is 0.354. The molecule has 0 heterocycles. The van der Waals surface area contributed by atoms with Gasteiger partial charge in [0, 0.05) is 0 Å². The first-order valence-electron chi connectivity index (χ1n) is 5.25. The molecule has 0 aromatic rings. The largest absolute Gasteiger partial charge is 0.274 e. The normalized spacial score (nSPS) is 9.00. The molecule has 0 saturated carbocycles. The van der Waals surface area contributed by atoms with Crippen LogP contribution in [0.2, 0.25) is 0 Å². The number of hydrazine groups is 1. The van der Waals surface area contributed by atoms with Crippen LogP contribution < -0.4 is 11.7 Å². The zero-order valence-corrected chi connectivity index (χ0v) is 8.81.